The van der Waals surface area contributed by atoms with E-state index in [-0.39, 0.29) is 0 Å². The molecule has 4 heteroatoms. The van der Waals surface area contributed by atoms with Gasteiger partial charge in [0.1, 0.15) is 0 Å². The van der Waals surface area contributed by atoms with Gasteiger partial charge < -0.3 is 0 Å². The molecule has 0 unspecified atom stereocenters. The molecule has 3 nitrogen and oxygen atoms in total. The molecule has 1 aliphatic heterocycles. The maximum absolute atomic E-state index is 6.15. The first-order valence-corrected chi connectivity index (χ1v) is 11.1. The molecule has 20 heavy (non-hydrogen) atoms. The fourth-order valence-electron chi connectivity index (χ4n) is 2.47. The van der Waals surface area contributed by atoms with Gasteiger partial charge in [-0.3, -0.25) is 0 Å². The summed E-state index contributed by atoms with van der Waals surface area (Å²) in [6.45, 7) is 12.1. The predicted octanol–water partition coefficient (Wildman–Crippen LogP) is 2.96. The van der Waals surface area contributed by atoms with Crippen LogP contribution in [0.25, 0.3) is 5.57 Å². The van der Waals surface area contributed by atoms with Gasteiger partial charge in [0.05, 0.1) is 0 Å². The third-order valence-corrected chi connectivity index (χ3v) is 6.14. The minimum absolute atomic E-state index is 0.398. The molecule has 0 aliphatic carbocycles. The quantitative estimate of drug-likeness (QED) is 0.731. The summed E-state index contributed by atoms with van der Waals surface area (Å²) in [5.74, 6) is 2.06. The average molecular weight is 384 g/mol. The van der Waals surface area contributed by atoms with Crippen LogP contribution in [0, 0.1) is 6.92 Å². The molecular weight excluding hydrogens is 360 g/mol. The minimum atomic E-state index is -0.398. The maximum atomic E-state index is 6.15. The molecule has 1 aromatic heterocycles. The van der Waals surface area contributed by atoms with E-state index >= 15 is 0 Å². The third-order valence-electron chi connectivity index (χ3n) is 3.54. The topological polar surface area (TPSA) is 25.6 Å². The van der Waals surface area contributed by atoms with Crippen LogP contribution >= 0.6 is 0 Å². The van der Waals surface area contributed by atoms with Gasteiger partial charge in [-0.2, -0.15) is 0 Å². The van der Waals surface area contributed by atoms with Gasteiger partial charge in [-0.15, -0.1) is 0 Å². The van der Waals surface area contributed by atoms with Gasteiger partial charge in [-0.1, -0.05) is 0 Å². The normalized spacial score (nSPS) is 17.4. The van der Waals surface area contributed by atoms with Crippen LogP contribution in [0.15, 0.2) is 17.1 Å². The van der Waals surface area contributed by atoms with Gasteiger partial charge in [0.2, 0.25) is 0 Å². The molecule has 1 saturated heterocycles. The van der Waals surface area contributed by atoms with Crippen LogP contribution in [0.5, 0.6) is 0 Å². The van der Waals surface area contributed by atoms with Crippen molar-refractivity contribution in [2.24, 2.45) is 0 Å². The molecule has 0 amide bonds. The van der Waals surface area contributed by atoms with E-state index in [0.717, 1.165) is 56.2 Å². The molecule has 0 bridgehead atoms. The molecule has 0 N–H and O–H groups in total. The van der Waals surface area contributed by atoms with Crippen molar-refractivity contribution in [3.05, 3.63) is 29.7 Å². The van der Waals surface area contributed by atoms with E-state index in [4.69, 9.17) is 9.15 Å². The van der Waals surface area contributed by atoms with Gasteiger partial charge in [0, 0.05) is 0 Å². The van der Waals surface area contributed by atoms with Crippen LogP contribution in [0.1, 0.15) is 36.8 Å². The number of hydrogen-bond donors (Lipinski definition) is 0. The number of morpholine rings is 1. The van der Waals surface area contributed by atoms with Crippen LogP contribution in [0.3, 0.4) is 0 Å². The van der Waals surface area contributed by atoms with Crippen molar-refractivity contribution in [2.45, 2.75) is 31.6 Å². The SMILES string of the molecule is C=C(CCC)c1cc(C)c([C](=[Sb][CH3])N2CCOCC2)o1. The molecule has 0 atom stereocenters. The molecule has 1 aromatic rings. The Balaban J connectivity index is 2.24. The fourth-order valence-corrected chi connectivity index (χ4v) is 5.06. The van der Waals surface area contributed by atoms with E-state index in [2.05, 4.69) is 36.3 Å². The summed E-state index contributed by atoms with van der Waals surface area (Å²) in [4.78, 5) is 4.80. The van der Waals surface area contributed by atoms with Crippen LogP contribution in [-0.2, 0) is 4.74 Å². The first-order valence-electron chi connectivity index (χ1n) is 7.25. The van der Waals surface area contributed by atoms with E-state index < -0.39 is 21.1 Å². The summed E-state index contributed by atoms with van der Waals surface area (Å²) in [5, 5.41) is 0. The molecule has 0 aromatic carbocycles. The van der Waals surface area contributed by atoms with Crippen LogP contribution in [0.2, 0.25) is 4.87 Å². The van der Waals surface area contributed by atoms with E-state index in [0.29, 0.717) is 0 Å². The number of hydrogen-bond acceptors (Lipinski definition) is 3. The molecule has 2 rings (SSSR count). The third kappa shape index (κ3) is 3.63. The number of rotatable bonds is 5. The van der Waals surface area contributed by atoms with E-state index in [9.17, 15) is 0 Å². The Morgan fingerprint density at radius 1 is 1.40 bits per heavy atom. The average Bonchev–Trinajstić information content (AvgIpc) is 2.84. The van der Waals surface area contributed by atoms with Crippen molar-refractivity contribution >= 4 is 30.3 Å². The zero-order valence-electron chi connectivity index (χ0n) is 12.7. The molecule has 1 aliphatic rings. The van der Waals surface area contributed by atoms with Crippen LogP contribution in [0.4, 0.5) is 0 Å². The Kier molecular flexibility index (Phi) is 6.07. The van der Waals surface area contributed by atoms with E-state index in [1.165, 1.54) is 9.14 Å². The first kappa shape index (κ1) is 16.0. The molecule has 0 spiro atoms. The van der Waals surface area contributed by atoms with Crippen LogP contribution in [-0.4, -0.2) is 55.9 Å². The number of aryl methyl sites for hydroxylation is 1. The van der Waals surface area contributed by atoms with Crippen molar-refractivity contribution in [1.82, 2.24) is 4.90 Å². The summed E-state index contributed by atoms with van der Waals surface area (Å²) in [5.41, 5.74) is 2.36. The first-order chi connectivity index (χ1) is 9.67. The predicted molar refractivity (Wildman–Crippen MR) is 85.5 cm³/mol. The second kappa shape index (κ2) is 7.58. The molecule has 0 saturated carbocycles. The monoisotopic (exact) mass is 383 g/mol. The fraction of sp³-hybridized carbons (Fsp3) is 0.562. The second-order valence-corrected chi connectivity index (χ2v) is 7.61. The second-order valence-electron chi connectivity index (χ2n) is 5.12. The van der Waals surface area contributed by atoms with Crippen LogP contribution < -0.4 is 0 Å². The van der Waals surface area contributed by atoms with Gasteiger partial charge in [0.25, 0.3) is 0 Å². The summed E-state index contributed by atoms with van der Waals surface area (Å²) < 4.78 is 13.0. The number of furan rings is 1. The molecule has 0 radical (unpaired) electrons. The van der Waals surface area contributed by atoms with Gasteiger partial charge in [0.15, 0.2) is 0 Å². The van der Waals surface area contributed by atoms with Crippen molar-refractivity contribution in [2.75, 3.05) is 26.3 Å². The van der Waals surface area contributed by atoms with Crippen molar-refractivity contribution < 1.29 is 9.15 Å². The molecule has 1 fully saturated rings. The van der Waals surface area contributed by atoms with E-state index in [1.54, 1.807) is 0 Å². The van der Waals surface area contributed by atoms with E-state index in [1.807, 2.05) is 0 Å². The Bertz CT molecular complexity index is 499. The van der Waals surface area contributed by atoms with Crippen molar-refractivity contribution in [3.63, 3.8) is 0 Å². The van der Waals surface area contributed by atoms with Crippen molar-refractivity contribution in [3.8, 4) is 0 Å². The zero-order chi connectivity index (χ0) is 14.5. The Morgan fingerprint density at radius 2 is 2.10 bits per heavy atom. The molecule has 2 heterocycles. The summed E-state index contributed by atoms with van der Waals surface area (Å²) >= 11 is -0.398. The Morgan fingerprint density at radius 3 is 2.70 bits per heavy atom. The van der Waals surface area contributed by atoms with Gasteiger partial charge in [-0.05, 0) is 0 Å². The summed E-state index contributed by atoms with van der Waals surface area (Å²) in [7, 11) is 0. The summed E-state index contributed by atoms with van der Waals surface area (Å²) in [6.07, 6.45) is 2.11. The number of allylic oxidation sites excluding steroid dienone is 1. The summed E-state index contributed by atoms with van der Waals surface area (Å²) in [6, 6.07) is 2.15. The van der Waals surface area contributed by atoms with Crippen molar-refractivity contribution in [1.29, 1.82) is 0 Å². The Hall–Kier alpha value is -0.372. The number of ether oxygens (including phenoxy) is 1. The zero-order valence-corrected chi connectivity index (χ0v) is 15.3. The standard InChI is InChI=1S/C15H21NO2.CH3.Sb/c1-4-5-12(2)14-10-13(3)15(18-14)11-16-6-8-17-9-7-16;;/h10H,2,4-9H2,1,3H3;1H3;. The molecule has 110 valence electrons. The Labute approximate surface area is 132 Å². The van der Waals surface area contributed by atoms with Gasteiger partial charge >= 0.3 is 132 Å². The number of nitrogens with zero attached hydrogens (tertiary/aromatic N) is 1. The van der Waals surface area contributed by atoms with Gasteiger partial charge in [-0.25, -0.2) is 0 Å². The molecular formula is C16H24NO2Sb.